The molecule has 2 amide bonds. The maximum absolute atomic E-state index is 13.0. The topological polar surface area (TPSA) is 115 Å². The van der Waals surface area contributed by atoms with Gasteiger partial charge in [0.25, 0.3) is 0 Å². The van der Waals surface area contributed by atoms with Crippen molar-refractivity contribution in [2.24, 2.45) is 0 Å². The van der Waals surface area contributed by atoms with Gasteiger partial charge in [0.15, 0.2) is 0 Å². The number of amides is 2. The maximum atomic E-state index is 13.0. The van der Waals surface area contributed by atoms with Crippen LogP contribution in [0.3, 0.4) is 0 Å². The molecule has 0 aliphatic carbocycles. The van der Waals surface area contributed by atoms with Crippen molar-refractivity contribution in [1.29, 1.82) is 0 Å². The number of nitrogens with one attached hydrogen (secondary N) is 3. The largest absolute Gasteiger partial charge is 0.445 e. The summed E-state index contributed by atoms with van der Waals surface area (Å²) >= 11 is 0. The Morgan fingerprint density at radius 1 is 0.870 bits per heavy atom. The third-order valence-electron chi connectivity index (χ3n) is 8.10. The fourth-order valence-corrected chi connectivity index (χ4v) is 5.51. The Morgan fingerprint density at radius 3 is 2.39 bits per heavy atom. The van der Waals surface area contributed by atoms with E-state index in [9.17, 15) is 9.59 Å². The molecule has 2 aliphatic rings. The predicted molar refractivity (Wildman–Crippen MR) is 181 cm³/mol. The molecule has 0 atom stereocenters. The molecule has 236 valence electrons. The van der Waals surface area contributed by atoms with Gasteiger partial charge in [0.2, 0.25) is 11.9 Å². The summed E-state index contributed by atoms with van der Waals surface area (Å²) in [5, 5.41) is 9.57. The molecule has 3 heterocycles. The van der Waals surface area contributed by atoms with Gasteiger partial charge in [-0.2, -0.15) is 4.98 Å². The van der Waals surface area contributed by atoms with Crippen LogP contribution in [0.15, 0.2) is 91.5 Å². The SMILES string of the molecule is C=CC(=O)Nc1cccc(Nc2nc(Nc3ccc(N4CCN(C)CC4)cc3)nc3c2CCN(C(=O)OCc2ccccc2)C3)c1. The summed E-state index contributed by atoms with van der Waals surface area (Å²) in [5.74, 6) is 0.746. The Bertz CT molecular complexity index is 1690. The third kappa shape index (κ3) is 7.62. The fourth-order valence-electron chi connectivity index (χ4n) is 5.51. The number of ether oxygens (including phenoxy) is 1. The van der Waals surface area contributed by atoms with Crippen molar-refractivity contribution in [2.45, 2.75) is 19.6 Å². The molecule has 6 rings (SSSR count). The zero-order valence-electron chi connectivity index (χ0n) is 25.9. The molecule has 0 spiro atoms. The molecular formula is C35H38N8O3. The van der Waals surface area contributed by atoms with Crippen molar-refractivity contribution >= 4 is 46.5 Å². The normalized spacial score (nSPS) is 14.6. The van der Waals surface area contributed by atoms with E-state index in [2.05, 4.69) is 51.5 Å². The van der Waals surface area contributed by atoms with Crippen LogP contribution < -0.4 is 20.9 Å². The average molecular weight is 619 g/mol. The van der Waals surface area contributed by atoms with E-state index in [-0.39, 0.29) is 25.2 Å². The van der Waals surface area contributed by atoms with Gasteiger partial charge in [0.1, 0.15) is 12.4 Å². The molecule has 0 saturated carbocycles. The first-order valence-electron chi connectivity index (χ1n) is 15.4. The first kappa shape index (κ1) is 30.6. The van der Waals surface area contributed by atoms with E-state index < -0.39 is 0 Å². The lowest BCUT2D eigenvalue weighted by Gasteiger charge is -2.34. The van der Waals surface area contributed by atoms with Crippen LogP contribution in [0.25, 0.3) is 0 Å². The number of carbonyl (C=O) groups is 2. The third-order valence-corrected chi connectivity index (χ3v) is 8.10. The Labute approximate surface area is 268 Å². The van der Waals surface area contributed by atoms with Gasteiger partial charge in [-0.3, -0.25) is 4.79 Å². The Kier molecular flexibility index (Phi) is 9.40. The summed E-state index contributed by atoms with van der Waals surface area (Å²) in [6, 6.07) is 25.3. The Balaban J connectivity index is 1.23. The molecule has 1 aromatic heterocycles. The minimum atomic E-state index is -0.387. The number of nitrogens with zero attached hydrogens (tertiary/aromatic N) is 5. The van der Waals surface area contributed by atoms with Gasteiger partial charge in [-0.25, -0.2) is 9.78 Å². The summed E-state index contributed by atoms with van der Waals surface area (Å²) < 4.78 is 5.62. The summed E-state index contributed by atoms with van der Waals surface area (Å²) in [6.45, 7) is 8.55. The first-order chi connectivity index (χ1) is 22.4. The standard InChI is InChI=1S/C35H38N8O3/c1-3-32(44)36-27-10-7-11-28(22-27)37-33-30-16-17-43(35(45)46-24-25-8-5-4-6-9-25)23-31(30)39-34(40-33)38-26-12-14-29(15-13-26)42-20-18-41(2)19-21-42/h3-15,22H,1,16-21,23-24H2,2H3,(H,36,44)(H2,37,38,39,40). The van der Waals surface area contributed by atoms with Crippen LogP contribution in [0.2, 0.25) is 0 Å². The van der Waals surface area contributed by atoms with Gasteiger partial charge in [0, 0.05) is 61.0 Å². The van der Waals surface area contributed by atoms with E-state index in [0.717, 1.165) is 54.4 Å². The van der Waals surface area contributed by atoms with Crippen molar-refractivity contribution in [2.75, 3.05) is 60.6 Å². The molecule has 46 heavy (non-hydrogen) atoms. The molecule has 1 saturated heterocycles. The number of fused-ring (bicyclic) bond motifs is 1. The van der Waals surface area contributed by atoms with E-state index in [1.54, 1.807) is 11.0 Å². The molecule has 1 fully saturated rings. The van der Waals surface area contributed by atoms with Crippen LogP contribution in [-0.4, -0.2) is 71.5 Å². The van der Waals surface area contributed by atoms with Crippen LogP contribution in [0.5, 0.6) is 0 Å². The smallest absolute Gasteiger partial charge is 0.410 e. The monoisotopic (exact) mass is 618 g/mol. The van der Waals surface area contributed by atoms with Crippen molar-refractivity contribution < 1.29 is 14.3 Å². The lowest BCUT2D eigenvalue weighted by atomic mass is 10.1. The van der Waals surface area contributed by atoms with Crippen molar-refractivity contribution in [3.8, 4) is 0 Å². The lowest BCUT2D eigenvalue weighted by Crippen LogP contribution is -2.44. The molecule has 2 aliphatic heterocycles. The second-order valence-corrected chi connectivity index (χ2v) is 11.4. The number of hydrogen-bond acceptors (Lipinski definition) is 9. The number of aromatic nitrogens is 2. The van der Waals surface area contributed by atoms with Gasteiger partial charge < -0.3 is 35.4 Å². The highest BCUT2D eigenvalue weighted by Gasteiger charge is 2.27. The minimum absolute atomic E-state index is 0.204. The van der Waals surface area contributed by atoms with Crippen LogP contribution in [0.1, 0.15) is 16.8 Å². The van der Waals surface area contributed by atoms with Crippen molar-refractivity contribution in [3.05, 3.63) is 108 Å². The van der Waals surface area contributed by atoms with Crippen molar-refractivity contribution in [3.63, 3.8) is 0 Å². The van der Waals surface area contributed by atoms with Gasteiger partial charge in [-0.15, -0.1) is 0 Å². The summed E-state index contributed by atoms with van der Waals surface area (Å²) in [5.41, 5.74) is 5.99. The summed E-state index contributed by atoms with van der Waals surface area (Å²) in [7, 11) is 2.15. The molecular weight excluding hydrogens is 580 g/mol. The number of benzene rings is 3. The zero-order valence-corrected chi connectivity index (χ0v) is 25.9. The number of carbonyl (C=O) groups excluding carboxylic acids is 2. The van der Waals surface area contributed by atoms with E-state index in [0.29, 0.717) is 30.4 Å². The molecule has 0 bridgehead atoms. The summed E-state index contributed by atoms with van der Waals surface area (Å²) in [6.07, 6.45) is 1.39. The average Bonchev–Trinajstić information content (AvgIpc) is 3.08. The van der Waals surface area contributed by atoms with Crippen LogP contribution in [0.4, 0.5) is 39.3 Å². The molecule has 3 N–H and O–H groups in total. The first-order valence-corrected chi connectivity index (χ1v) is 15.4. The Morgan fingerprint density at radius 2 is 1.63 bits per heavy atom. The van der Waals surface area contributed by atoms with E-state index in [4.69, 9.17) is 14.7 Å². The van der Waals surface area contributed by atoms with E-state index >= 15 is 0 Å². The highest BCUT2D eigenvalue weighted by molar-refractivity contribution is 5.99. The predicted octanol–water partition coefficient (Wildman–Crippen LogP) is 5.54. The summed E-state index contributed by atoms with van der Waals surface area (Å²) in [4.78, 5) is 41.0. The second kappa shape index (κ2) is 14.1. The maximum Gasteiger partial charge on any atom is 0.410 e. The minimum Gasteiger partial charge on any atom is -0.445 e. The number of likely N-dealkylation sites (N-methyl/N-ethyl adjacent to an activating group) is 1. The lowest BCUT2D eigenvalue weighted by molar-refractivity contribution is -0.111. The van der Waals surface area contributed by atoms with Gasteiger partial charge in [-0.05, 0) is 67.6 Å². The van der Waals surface area contributed by atoms with Crippen LogP contribution in [-0.2, 0) is 29.1 Å². The molecule has 4 aromatic rings. The molecule has 11 heteroatoms. The molecule has 11 nitrogen and oxygen atoms in total. The number of piperazine rings is 1. The Hall–Kier alpha value is -5.42. The van der Waals surface area contributed by atoms with E-state index in [1.165, 1.54) is 11.8 Å². The molecule has 3 aromatic carbocycles. The molecule has 0 radical (unpaired) electrons. The highest BCUT2D eigenvalue weighted by atomic mass is 16.6. The van der Waals surface area contributed by atoms with Gasteiger partial charge in [-0.1, -0.05) is 43.0 Å². The van der Waals surface area contributed by atoms with Gasteiger partial charge in [0.05, 0.1) is 12.2 Å². The second-order valence-electron chi connectivity index (χ2n) is 11.4. The zero-order chi connectivity index (χ0) is 31.9. The highest BCUT2D eigenvalue weighted by Crippen LogP contribution is 2.30. The van der Waals surface area contributed by atoms with Crippen LogP contribution in [0, 0.1) is 0 Å². The number of hydrogen-bond donors (Lipinski definition) is 3. The van der Waals surface area contributed by atoms with Gasteiger partial charge >= 0.3 is 6.09 Å². The fraction of sp³-hybridized carbons (Fsp3) is 0.257. The molecule has 0 unspecified atom stereocenters. The quantitative estimate of drug-likeness (QED) is 0.208. The van der Waals surface area contributed by atoms with Crippen LogP contribution >= 0.6 is 0 Å². The number of anilines is 6. The van der Waals surface area contributed by atoms with Crippen molar-refractivity contribution in [1.82, 2.24) is 19.8 Å². The number of rotatable bonds is 9. The van der Waals surface area contributed by atoms with E-state index in [1.807, 2.05) is 60.7 Å².